The molecule has 108 valence electrons. The second kappa shape index (κ2) is 4.43. The molecule has 2 aromatic heterocycles. The van der Waals surface area contributed by atoms with E-state index in [9.17, 15) is 0 Å². The molecule has 0 unspecified atom stereocenters. The van der Waals surface area contributed by atoms with Gasteiger partial charge in [-0.15, -0.1) is 10.2 Å². The lowest BCUT2D eigenvalue weighted by Gasteiger charge is -2.45. The maximum atomic E-state index is 4.43. The fourth-order valence-corrected chi connectivity index (χ4v) is 4.00. The van der Waals surface area contributed by atoms with Crippen LogP contribution in [0.25, 0.3) is 5.65 Å². The van der Waals surface area contributed by atoms with Gasteiger partial charge in [-0.2, -0.15) is 0 Å². The first-order valence-electron chi connectivity index (χ1n) is 7.26. The number of hydrogen-bond donors (Lipinski definition) is 1. The van der Waals surface area contributed by atoms with Crippen molar-refractivity contribution in [2.45, 2.75) is 53.0 Å². The molecule has 20 heavy (non-hydrogen) atoms. The van der Waals surface area contributed by atoms with Gasteiger partial charge in [0.15, 0.2) is 5.82 Å². The van der Waals surface area contributed by atoms with E-state index in [0.29, 0.717) is 16.9 Å². The standard InChI is InChI=1S/C15H23N5/c1-14(2)7-11(8-15(3,4)9-14)18-12-13-19-17-10-20(13)6-5-16-12/h5-6,10-11H,7-9H2,1-4H3,(H,16,18). The fraction of sp³-hybridized carbons (Fsp3) is 0.667. The Morgan fingerprint density at radius 2 is 1.90 bits per heavy atom. The van der Waals surface area contributed by atoms with E-state index in [4.69, 9.17) is 0 Å². The molecule has 5 nitrogen and oxygen atoms in total. The van der Waals surface area contributed by atoms with Crippen LogP contribution >= 0.6 is 0 Å². The Morgan fingerprint density at radius 1 is 1.20 bits per heavy atom. The van der Waals surface area contributed by atoms with Crippen LogP contribution in [0.5, 0.6) is 0 Å². The molecular weight excluding hydrogens is 250 g/mol. The van der Waals surface area contributed by atoms with Crippen molar-refractivity contribution in [3.63, 3.8) is 0 Å². The van der Waals surface area contributed by atoms with Crippen molar-refractivity contribution < 1.29 is 0 Å². The second-order valence-electron chi connectivity index (χ2n) is 7.59. The zero-order chi connectivity index (χ0) is 14.4. The summed E-state index contributed by atoms with van der Waals surface area (Å²) < 4.78 is 1.90. The van der Waals surface area contributed by atoms with Crippen molar-refractivity contribution in [3.05, 3.63) is 18.7 Å². The van der Waals surface area contributed by atoms with Gasteiger partial charge in [-0.1, -0.05) is 27.7 Å². The monoisotopic (exact) mass is 273 g/mol. The Hall–Kier alpha value is -1.65. The highest BCUT2D eigenvalue weighted by Crippen LogP contribution is 2.46. The van der Waals surface area contributed by atoms with Gasteiger partial charge in [0, 0.05) is 18.4 Å². The molecule has 2 aromatic rings. The number of aromatic nitrogens is 4. The molecule has 0 atom stereocenters. The third-order valence-corrected chi connectivity index (χ3v) is 4.11. The van der Waals surface area contributed by atoms with Gasteiger partial charge in [0.25, 0.3) is 0 Å². The first-order chi connectivity index (χ1) is 9.35. The quantitative estimate of drug-likeness (QED) is 0.913. The van der Waals surface area contributed by atoms with Crippen LogP contribution in [0.15, 0.2) is 18.7 Å². The van der Waals surface area contributed by atoms with E-state index in [0.717, 1.165) is 24.3 Å². The van der Waals surface area contributed by atoms with Gasteiger partial charge in [0.2, 0.25) is 5.65 Å². The molecule has 0 aromatic carbocycles. The molecular formula is C15H23N5. The smallest absolute Gasteiger partial charge is 0.203 e. The molecule has 3 rings (SSSR count). The van der Waals surface area contributed by atoms with Crippen LogP contribution < -0.4 is 5.32 Å². The zero-order valence-corrected chi connectivity index (χ0v) is 12.7. The van der Waals surface area contributed by atoms with Gasteiger partial charge in [0.05, 0.1) is 0 Å². The third-order valence-electron chi connectivity index (χ3n) is 4.11. The molecule has 0 bridgehead atoms. The predicted octanol–water partition coefficient (Wildman–Crippen LogP) is 3.14. The predicted molar refractivity (Wildman–Crippen MR) is 79.6 cm³/mol. The SMILES string of the molecule is CC1(C)CC(Nc2nccn3cnnc23)CC(C)(C)C1. The second-order valence-corrected chi connectivity index (χ2v) is 7.59. The Bertz CT molecular complexity index is 598. The summed E-state index contributed by atoms with van der Waals surface area (Å²) in [5.41, 5.74) is 1.52. The molecule has 1 fully saturated rings. The first-order valence-corrected chi connectivity index (χ1v) is 7.26. The highest BCUT2D eigenvalue weighted by Gasteiger charge is 2.38. The first kappa shape index (κ1) is 13.3. The topological polar surface area (TPSA) is 55.1 Å². The lowest BCUT2D eigenvalue weighted by Crippen LogP contribution is -2.40. The minimum Gasteiger partial charge on any atom is -0.364 e. The van der Waals surface area contributed by atoms with Gasteiger partial charge in [-0.3, -0.25) is 4.40 Å². The molecule has 1 aliphatic rings. The van der Waals surface area contributed by atoms with E-state index >= 15 is 0 Å². The molecule has 1 N–H and O–H groups in total. The van der Waals surface area contributed by atoms with Crippen molar-refractivity contribution in [2.24, 2.45) is 10.8 Å². The maximum absolute atomic E-state index is 4.43. The molecule has 1 saturated carbocycles. The number of nitrogens with zero attached hydrogens (tertiary/aromatic N) is 4. The Kier molecular flexibility index (Phi) is 2.96. The van der Waals surface area contributed by atoms with Gasteiger partial charge < -0.3 is 5.32 Å². The van der Waals surface area contributed by atoms with Gasteiger partial charge in [-0.05, 0) is 30.1 Å². The van der Waals surface area contributed by atoms with Crippen LogP contribution in [0.3, 0.4) is 0 Å². The maximum Gasteiger partial charge on any atom is 0.203 e. The highest BCUT2D eigenvalue weighted by molar-refractivity contribution is 5.61. The minimum atomic E-state index is 0.359. The van der Waals surface area contributed by atoms with Crippen LogP contribution in [0.2, 0.25) is 0 Å². The lowest BCUT2D eigenvalue weighted by molar-refractivity contribution is 0.105. The van der Waals surface area contributed by atoms with E-state index in [1.807, 2.05) is 10.6 Å². The number of fused-ring (bicyclic) bond motifs is 1. The largest absolute Gasteiger partial charge is 0.364 e. The van der Waals surface area contributed by atoms with Gasteiger partial charge in [-0.25, -0.2) is 4.98 Å². The zero-order valence-electron chi connectivity index (χ0n) is 12.7. The van der Waals surface area contributed by atoms with E-state index in [2.05, 4.69) is 48.2 Å². The van der Waals surface area contributed by atoms with E-state index < -0.39 is 0 Å². The molecule has 0 aliphatic heterocycles. The summed E-state index contributed by atoms with van der Waals surface area (Å²) in [4.78, 5) is 4.43. The van der Waals surface area contributed by atoms with E-state index in [-0.39, 0.29) is 0 Å². The molecule has 2 heterocycles. The molecule has 5 heteroatoms. The Labute approximate surface area is 119 Å². The van der Waals surface area contributed by atoms with Gasteiger partial charge in [0.1, 0.15) is 6.33 Å². The van der Waals surface area contributed by atoms with E-state index in [1.165, 1.54) is 6.42 Å². The number of nitrogens with one attached hydrogen (secondary N) is 1. The molecule has 0 amide bonds. The fourth-order valence-electron chi connectivity index (χ4n) is 4.00. The Morgan fingerprint density at radius 3 is 2.60 bits per heavy atom. The van der Waals surface area contributed by atoms with Crippen molar-refractivity contribution in [1.29, 1.82) is 0 Å². The lowest BCUT2D eigenvalue weighted by atomic mass is 9.63. The van der Waals surface area contributed by atoms with Crippen molar-refractivity contribution in [2.75, 3.05) is 5.32 Å². The Balaban J connectivity index is 1.85. The summed E-state index contributed by atoms with van der Waals surface area (Å²) >= 11 is 0. The van der Waals surface area contributed by atoms with Crippen molar-refractivity contribution in [1.82, 2.24) is 19.6 Å². The third kappa shape index (κ3) is 2.62. The summed E-state index contributed by atoms with van der Waals surface area (Å²) in [7, 11) is 0. The molecule has 0 radical (unpaired) electrons. The summed E-state index contributed by atoms with van der Waals surface area (Å²) in [5, 5.41) is 11.7. The van der Waals surface area contributed by atoms with Crippen LogP contribution in [0.4, 0.5) is 5.82 Å². The number of hydrogen-bond acceptors (Lipinski definition) is 4. The van der Waals surface area contributed by atoms with Gasteiger partial charge >= 0.3 is 0 Å². The number of rotatable bonds is 2. The summed E-state index contributed by atoms with van der Waals surface area (Å²) in [6.07, 6.45) is 8.95. The molecule has 0 spiro atoms. The number of anilines is 1. The summed E-state index contributed by atoms with van der Waals surface area (Å²) in [6, 6.07) is 0.434. The van der Waals surface area contributed by atoms with Crippen LogP contribution in [0, 0.1) is 10.8 Å². The van der Waals surface area contributed by atoms with Crippen molar-refractivity contribution in [3.8, 4) is 0 Å². The van der Waals surface area contributed by atoms with Crippen LogP contribution in [-0.4, -0.2) is 25.6 Å². The average Bonchev–Trinajstić information content (AvgIpc) is 2.73. The molecule has 0 saturated heterocycles. The van der Waals surface area contributed by atoms with E-state index in [1.54, 1.807) is 12.5 Å². The van der Waals surface area contributed by atoms with Crippen LogP contribution in [-0.2, 0) is 0 Å². The average molecular weight is 273 g/mol. The minimum absolute atomic E-state index is 0.359. The molecule has 1 aliphatic carbocycles. The van der Waals surface area contributed by atoms with Crippen LogP contribution in [0.1, 0.15) is 47.0 Å². The highest BCUT2D eigenvalue weighted by atomic mass is 15.2. The summed E-state index contributed by atoms with van der Waals surface area (Å²) in [5.74, 6) is 0.837. The van der Waals surface area contributed by atoms with Crippen molar-refractivity contribution >= 4 is 11.5 Å². The normalized spacial score (nSPS) is 22.0. The summed E-state index contributed by atoms with van der Waals surface area (Å²) in [6.45, 7) is 9.42.